The number of fused-ring (bicyclic) bond motifs is 2. The highest BCUT2D eigenvalue weighted by Gasteiger charge is 2.38. The van der Waals surface area contributed by atoms with Crippen LogP contribution in [-0.2, 0) is 4.74 Å². The summed E-state index contributed by atoms with van der Waals surface area (Å²) in [7, 11) is 0. The fraction of sp³-hybridized carbons (Fsp3) is 0.102. The van der Waals surface area contributed by atoms with Gasteiger partial charge in [-0.05, 0) is 112 Å². The zero-order valence-electron chi connectivity index (χ0n) is 28.7. The van der Waals surface area contributed by atoms with Crippen molar-refractivity contribution in [2.75, 3.05) is 4.90 Å². The van der Waals surface area contributed by atoms with E-state index in [1.54, 1.807) is 0 Å². The van der Waals surface area contributed by atoms with E-state index in [2.05, 4.69) is 194 Å². The molecule has 246 valence electrons. The van der Waals surface area contributed by atoms with Gasteiger partial charge in [0.1, 0.15) is 11.5 Å². The van der Waals surface area contributed by atoms with Crippen LogP contribution in [0.25, 0.3) is 39.0 Å². The van der Waals surface area contributed by atoms with Crippen LogP contribution in [0.5, 0.6) is 0 Å². The lowest BCUT2D eigenvalue weighted by Gasteiger charge is -2.28. The maximum absolute atomic E-state index is 6.59. The molecular formula is C49H39NO. The first kappa shape index (κ1) is 30.9. The lowest BCUT2D eigenvalue weighted by molar-refractivity contribution is 0.305. The number of benzene rings is 6. The smallest absolute Gasteiger partial charge is 0.126 e. The van der Waals surface area contributed by atoms with Crippen molar-refractivity contribution in [3.05, 3.63) is 205 Å². The largest absolute Gasteiger partial charge is 0.460 e. The summed E-state index contributed by atoms with van der Waals surface area (Å²) in [6.45, 7) is 2.31. The summed E-state index contributed by atoms with van der Waals surface area (Å²) in [6, 6.07) is 56.9. The van der Waals surface area contributed by atoms with E-state index in [1.165, 1.54) is 50.1 Å². The Labute approximate surface area is 301 Å². The SMILES string of the molecule is CC1C=CC(c2ccc(N(c3ccc(-c4ccccc4)cc3)c3cc(-c4ccccc4)cc(-c4ccccc4)c3)cc2)=C2OC3=C(CCC=C3)C21. The van der Waals surface area contributed by atoms with Gasteiger partial charge < -0.3 is 9.64 Å². The molecule has 2 nitrogen and oxygen atoms in total. The second-order valence-electron chi connectivity index (χ2n) is 13.7. The standard InChI is InChI=1S/C49H39NO/c1-34-21-30-45(49-48(34)46-19-11-12-20-47(46)51-49)39-24-28-43(29-25-39)50(42-26-22-38(23-27-42)35-13-5-2-6-14-35)44-32-40(36-15-7-3-8-16-36)31-41(33-44)37-17-9-4-10-18-37/h2-10,12-18,20-34,48H,11,19H2,1H3. The van der Waals surface area contributed by atoms with Gasteiger partial charge in [-0.25, -0.2) is 0 Å². The highest BCUT2D eigenvalue weighted by atomic mass is 16.5. The number of hydrogen-bond donors (Lipinski definition) is 0. The minimum Gasteiger partial charge on any atom is -0.460 e. The van der Waals surface area contributed by atoms with Crippen molar-refractivity contribution in [1.82, 2.24) is 0 Å². The van der Waals surface area contributed by atoms with E-state index in [0.717, 1.165) is 41.4 Å². The van der Waals surface area contributed by atoms with Crippen LogP contribution >= 0.6 is 0 Å². The number of ether oxygens (including phenoxy) is 1. The topological polar surface area (TPSA) is 12.5 Å². The van der Waals surface area contributed by atoms with Gasteiger partial charge in [0.15, 0.2) is 0 Å². The van der Waals surface area contributed by atoms with Gasteiger partial charge in [0.25, 0.3) is 0 Å². The average Bonchev–Trinajstić information content (AvgIpc) is 3.60. The van der Waals surface area contributed by atoms with E-state index >= 15 is 0 Å². The third kappa shape index (κ3) is 5.93. The van der Waals surface area contributed by atoms with Gasteiger partial charge >= 0.3 is 0 Å². The van der Waals surface area contributed by atoms with Crippen molar-refractivity contribution in [2.45, 2.75) is 19.8 Å². The summed E-state index contributed by atoms with van der Waals surface area (Å²) >= 11 is 0. The van der Waals surface area contributed by atoms with Crippen molar-refractivity contribution < 1.29 is 4.74 Å². The molecule has 1 heterocycles. The van der Waals surface area contributed by atoms with E-state index in [9.17, 15) is 0 Å². The summed E-state index contributed by atoms with van der Waals surface area (Å²) in [5, 5.41) is 0. The molecule has 2 heteroatoms. The molecule has 0 saturated carbocycles. The molecule has 9 rings (SSSR count). The second-order valence-corrected chi connectivity index (χ2v) is 13.7. The Morgan fingerprint density at radius 2 is 1.02 bits per heavy atom. The average molecular weight is 658 g/mol. The number of nitrogens with zero attached hydrogens (tertiary/aromatic N) is 1. The lowest BCUT2D eigenvalue weighted by Crippen LogP contribution is -2.16. The zero-order valence-corrected chi connectivity index (χ0v) is 28.7. The number of rotatable bonds is 7. The molecule has 0 spiro atoms. The molecule has 0 N–H and O–H groups in total. The summed E-state index contributed by atoms with van der Waals surface area (Å²) in [5.74, 6) is 2.91. The van der Waals surface area contributed by atoms with Crippen molar-refractivity contribution >= 4 is 22.6 Å². The van der Waals surface area contributed by atoms with E-state index in [1.807, 2.05) is 0 Å². The van der Waals surface area contributed by atoms with Crippen LogP contribution in [0.2, 0.25) is 0 Å². The van der Waals surface area contributed by atoms with Crippen molar-refractivity contribution in [3.63, 3.8) is 0 Å². The summed E-state index contributed by atoms with van der Waals surface area (Å²) in [6.07, 6.45) is 11.2. The minimum absolute atomic E-state index is 0.321. The third-order valence-electron chi connectivity index (χ3n) is 10.5. The Morgan fingerprint density at radius 3 is 1.59 bits per heavy atom. The monoisotopic (exact) mass is 657 g/mol. The Hall–Kier alpha value is -6.12. The van der Waals surface area contributed by atoms with Crippen LogP contribution in [0.4, 0.5) is 17.1 Å². The van der Waals surface area contributed by atoms with Gasteiger partial charge in [0.05, 0.1) is 0 Å². The fourth-order valence-corrected chi connectivity index (χ4v) is 7.87. The molecule has 2 atom stereocenters. The van der Waals surface area contributed by atoms with E-state index < -0.39 is 0 Å². The Bertz CT molecular complexity index is 2250. The molecule has 0 amide bonds. The van der Waals surface area contributed by atoms with Crippen LogP contribution in [0.15, 0.2) is 199 Å². The van der Waals surface area contributed by atoms with Crippen LogP contribution in [-0.4, -0.2) is 0 Å². The van der Waals surface area contributed by atoms with Crippen molar-refractivity contribution in [2.24, 2.45) is 11.8 Å². The van der Waals surface area contributed by atoms with Crippen LogP contribution < -0.4 is 4.90 Å². The molecule has 0 radical (unpaired) electrons. The minimum atomic E-state index is 0.321. The Kier molecular flexibility index (Phi) is 8.06. The molecular weight excluding hydrogens is 619 g/mol. The molecule has 6 aromatic rings. The first-order valence-electron chi connectivity index (χ1n) is 18.0. The summed E-state index contributed by atoms with van der Waals surface area (Å²) < 4.78 is 6.59. The molecule has 0 bridgehead atoms. The van der Waals surface area contributed by atoms with E-state index in [4.69, 9.17) is 4.74 Å². The second kappa shape index (κ2) is 13.3. The van der Waals surface area contributed by atoms with Crippen LogP contribution in [0.3, 0.4) is 0 Å². The predicted molar refractivity (Wildman–Crippen MR) is 213 cm³/mol. The normalized spacial score (nSPS) is 17.6. The van der Waals surface area contributed by atoms with Crippen molar-refractivity contribution in [3.8, 4) is 33.4 Å². The Balaban J connectivity index is 1.16. The first-order valence-corrected chi connectivity index (χ1v) is 18.0. The van der Waals surface area contributed by atoms with Crippen LogP contribution in [0.1, 0.15) is 25.3 Å². The highest BCUT2D eigenvalue weighted by molar-refractivity contribution is 5.87. The number of hydrogen-bond acceptors (Lipinski definition) is 2. The molecule has 0 fully saturated rings. The molecule has 51 heavy (non-hydrogen) atoms. The first-order chi connectivity index (χ1) is 25.2. The summed E-state index contributed by atoms with van der Waals surface area (Å²) in [4.78, 5) is 2.38. The summed E-state index contributed by atoms with van der Waals surface area (Å²) in [5.41, 5.74) is 14.3. The molecule has 2 aliphatic carbocycles. The van der Waals surface area contributed by atoms with Gasteiger partial charge in [-0.3, -0.25) is 0 Å². The predicted octanol–water partition coefficient (Wildman–Crippen LogP) is 13.3. The quantitative estimate of drug-likeness (QED) is 0.169. The van der Waals surface area contributed by atoms with Gasteiger partial charge in [-0.2, -0.15) is 0 Å². The van der Waals surface area contributed by atoms with Gasteiger partial charge in [-0.15, -0.1) is 0 Å². The zero-order chi connectivity index (χ0) is 34.1. The highest BCUT2D eigenvalue weighted by Crippen LogP contribution is 2.49. The van der Waals surface area contributed by atoms with Gasteiger partial charge in [-0.1, -0.05) is 140 Å². The van der Waals surface area contributed by atoms with E-state index in [0.29, 0.717) is 11.8 Å². The third-order valence-corrected chi connectivity index (χ3v) is 10.5. The maximum Gasteiger partial charge on any atom is 0.126 e. The fourth-order valence-electron chi connectivity index (χ4n) is 7.87. The Morgan fingerprint density at radius 1 is 0.510 bits per heavy atom. The molecule has 6 aromatic carbocycles. The van der Waals surface area contributed by atoms with E-state index in [-0.39, 0.29) is 0 Å². The molecule has 0 saturated heterocycles. The van der Waals surface area contributed by atoms with Crippen LogP contribution in [0, 0.1) is 11.8 Å². The lowest BCUT2D eigenvalue weighted by atomic mass is 9.78. The molecule has 0 aromatic heterocycles. The van der Waals surface area contributed by atoms with Gasteiger partial charge in [0.2, 0.25) is 0 Å². The number of allylic oxidation sites excluding steroid dienone is 6. The van der Waals surface area contributed by atoms with Gasteiger partial charge in [0, 0.05) is 28.6 Å². The maximum atomic E-state index is 6.59. The molecule has 1 aliphatic heterocycles. The molecule has 2 unspecified atom stereocenters. The number of anilines is 3. The van der Waals surface area contributed by atoms with Crippen molar-refractivity contribution in [1.29, 1.82) is 0 Å². The molecule has 3 aliphatic rings.